The summed E-state index contributed by atoms with van der Waals surface area (Å²) in [6.07, 6.45) is -2.04. The number of anilines is 2. The SMILES string of the molecule is Cc1nnc(/N=c2\ncc3cc(-c4cc(NS(=O)(=O)Cc5cc(C(F)(F)F)ccn5)ccc4C)c4n(c-3n2)CCN4)o1. The fraction of sp³-hybridized carbons (Fsp3) is 0.231. The molecule has 216 valence electrons. The van der Waals surface area contributed by atoms with Gasteiger partial charge in [-0.25, -0.2) is 13.4 Å². The maximum atomic E-state index is 13.1. The smallest absolute Gasteiger partial charge is 0.407 e. The van der Waals surface area contributed by atoms with Gasteiger partial charge in [-0.15, -0.1) is 5.10 Å². The summed E-state index contributed by atoms with van der Waals surface area (Å²) in [4.78, 5) is 16.9. The molecule has 2 N–H and O–H groups in total. The average molecular weight is 598 g/mol. The number of benzene rings is 1. The van der Waals surface area contributed by atoms with E-state index in [4.69, 9.17) is 4.42 Å². The van der Waals surface area contributed by atoms with Crippen LogP contribution in [0.4, 0.5) is 30.7 Å². The van der Waals surface area contributed by atoms with Crippen LogP contribution in [0.2, 0.25) is 0 Å². The Balaban J connectivity index is 1.34. The molecule has 0 saturated heterocycles. The van der Waals surface area contributed by atoms with Gasteiger partial charge in [-0.3, -0.25) is 9.71 Å². The predicted molar refractivity (Wildman–Crippen MR) is 145 cm³/mol. The lowest BCUT2D eigenvalue weighted by molar-refractivity contribution is -0.137. The molecule has 0 amide bonds. The van der Waals surface area contributed by atoms with Crippen molar-refractivity contribution in [3.63, 3.8) is 0 Å². The normalized spacial score (nSPS) is 13.8. The number of aromatic nitrogens is 6. The first-order valence-electron chi connectivity index (χ1n) is 12.6. The third kappa shape index (κ3) is 5.52. The highest BCUT2D eigenvalue weighted by Gasteiger charge is 2.31. The van der Waals surface area contributed by atoms with Crippen molar-refractivity contribution in [2.45, 2.75) is 32.3 Å². The van der Waals surface area contributed by atoms with Gasteiger partial charge in [0.2, 0.25) is 15.9 Å². The first-order chi connectivity index (χ1) is 19.9. The summed E-state index contributed by atoms with van der Waals surface area (Å²) in [6, 6.07) is 8.49. The zero-order valence-corrected chi connectivity index (χ0v) is 23.0. The molecule has 12 nitrogen and oxygen atoms in total. The molecule has 42 heavy (non-hydrogen) atoms. The van der Waals surface area contributed by atoms with E-state index in [1.807, 2.05) is 17.6 Å². The molecule has 0 saturated carbocycles. The van der Waals surface area contributed by atoms with Gasteiger partial charge in [0.05, 0.1) is 11.3 Å². The van der Waals surface area contributed by atoms with E-state index in [1.54, 1.807) is 31.3 Å². The molecular weight excluding hydrogens is 575 g/mol. The van der Waals surface area contributed by atoms with Crippen molar-refractivity contribution in [3.05, 3.63) is 77.1 Å². The van der Waals surface area contributed by atoms with E-state index in [1.165, 1.54) is 0 Å². The molecule has 16 heteroatoms. The van der Waals surface area contributed by atoms with Gasteiger partial charge in [0.1, 0.15) is 17.4 Å². The molecule has 3 aliphatic rings. The van der Waals surface area contributed by atoms with E-state index in [0.29, 0.717) is 24.8 Å². The Kier molecular flexibility index (Phi) is 6.64. The van der Waals surface area contributed by atoms with Crippen LogP contribution in [0.25, 0.3) is 22.5 Å². The van der Waals surface area contributed by atoms with Crippen LogP contribution in [0.3, 0.4) is 0 Å². The summed E-state index contributed by atoms with van der Waals surface area (Å²) >= 11 is 0. The molecule has 3 aromatic rings. The van der Waals surface area contributed by atoms with Crippen LogP contribution in [0, 0.1) is 13.8 Å². The minimum atomic E-state index is -4.61. The van der Waals surface area contributed by atoms with Crippen molar-refractivity contribution in [3.8, 4) is 22.5 Å². The van der Waals surface area contributed by atoms with Gasteiger partial charge in [-0.2, -0.15) is 23.1 Å². The molecule has 2 aromatic heterocycles. The fourth-order valence-corrected chi connectivity index (χ4v) is 5.76. The van der Waals surface area contributed by atoms with Crippen molar-refractivity contribution in [1.82, 2.24) is 29.7 Å². The number of aryl methyl sites for hydroxylation is 2. The van der Waals surface area contributed by atoms with Crippen molar-refractivity contribution >= 4 is 27.5 Å². The molecule has 0 fully saturated rings. The molecule has 0 bridgehead atoms. The second-order valence-corrected chi connectivity index (χ2v) is 11.3. The highest BCUT2D eigenvalue weighted by atomic mass is 32.2. The Morgan fingerprint density at radius 2 is 1.93 bits per heavy atom. The van der Waals surface area contributed by atoms with Gasteiger partial charge in [0.15, 0.2) is 0 Å². The monoisotopic (exact) mass is 597 g/mol. The lowest BCUT2D eigenvalue weighted by atomic mass is 9.98. The molecule has 3 aliphatic heterocycles. The second kappa shape index (κ2) is 10.2. The minimum Gasteiger partial charge on any atom is -0.407 e. The fourth-order valence-electron chi connectivity index (χ4n) is 4.66. The van der Waals surface area contributed by atoms with E-state index in [-0.39, 0.29) is 23.0 Å². The molecule has 0 spiro atoms. The zero-order chi connectivity index (χ0) is 29.6. The van der Waals surface area contributed by atoms with E-state index in [2.05, 4.69) is 40.2 Å². The number of sulfonamides is 1. The molecule has 0 radical (unpaired) electrons. The first kappa shape index (κ1) is 27.3. The Hall–Kier alpha value is -4.86. The molecule has 0 aliphatic carbocycles. The van der Waals surface area contributed by atoms with E-state index in [9.17, 15) is 21.6 Å². The molecule has 0 atom stereocenters. The summed E-state index contributed by atoms with van der Waals surface area (Å²) in [6.45, 7) is 4.80. The van der Waals surface area contributed by atoms with Gasteiger partial charge in [0.25, 0.3) is 5.62 Å². The third-order valence-corrected chi connectivity index (χ3v) is 7.71. The number of rotatable bonds is 6. The largest absolute Gasteiger partial charge is 0.416 e. The summed E-state index contributed by atoms with van der Waals surface area (Å²) in [5.74, 6) is 1.05. The van der Waals surface area contributed by atoms with Gasteiger partial charge in [0, 0.05) is 49.2 Å². The highest BCUT2D eigenvalue weighted by molar-refractivity contribution is 7.91. The molecule has 5 heterocycles. The topological polar surface area (TPSA) is 153 Å². The number of nitrogens with zero attached hydrogens (tertiary/aromatic N) is 7. The van der Waals surface area contributed by atoms with Gasteiger partial charge in [-0.1, -0.05) is 11.2 Å². The number of halogens is 3. The highest BCUT2D eigenvalue weighted by Crippen LogP contribution is 2.39. The Morgan fingerprint density at radius 3 is 2.69 bits per heavy atom. The Labute approximate surface area is 236 Å². The number of hydrogen-bond acceptors (Lipinski definition) is 10. The lowest BCUT2D eigenvalue weighted by Crippen LogP contribution is -2.18. The molecular formula is C26H22F3N9O3S. The van der Waals surface area contributed by atoms with E-state index >= 15 is 0 Å². The second-order valence-electron chi connectivity index (χ2n) is 9.57. The van der Waals surface area contributed by atoms with Crippen molar-refractivity contribution < 1.29 is 26.0 Å². The number of pyridine rings is 2. The van der Waals surface area contributed by atoms with Gasteiger partial charge >= 0.3 is 12.2 Å². The van der Waals surface area contributed by atoms with Crippen molar-refractivity contribution in [1.29, 1.82) is 0 Å². The average Bonchev–Trinajstić information content (AvgIpc) is 3.58. The van der Waals surface area contributed by atoms with Gasteiger partial charge < -0.3 is 14.3 Å². The predicted octanol–water partition coefficient (Wildman–Crippen LogP) is 4.06. The lowest BCUT2D eigenvalue weighted by Gasteiger charge is -2.19. The first-order valence-corrected chi connectivity index (χ1v) is 14.2. The standard InChI is InChI=1S/C26H22F3N9O3S/c1-14-3-4-18(37-42(39,40)13-19-10-17(5-6-30-19)26(27,28)29)11-20(14)21-9-16-12-32-24(34-25-36-35-15(2)41-25)33-22(16)38-8-7-31-23(21)38/h3-6,9-12,31,37H,7-8,13H2,1-2H3/b34-24+. The minimum absolute atomic E-state index is 0.0435. The maximum absolute atomic E-state index is 13.1. The quantitative estimate of drug-likeness (QED) is 0.295. The Morgan fingerprint density at radius 1 is 1.10 bits per heavy atom. The number of alkyl halides is 3. The molecule has 1 aromatic carbocycles. The maximum Gasteiger partial charge on any atom is 0.416 e. The van der Waals surface area contributed by atoms with Crippen LogP contribution in [0.1, 0.15) is 22.7 Å². The van der Waals surface area contributed by atoms with Crippen molar-refractivity contribution in [2.75, 3.05) is 16.6 Å². The van der Waals surface area contributed by atoms with E-state index in [0.717, 1.165) is 46.4 Å². The van der Waals surface area contributed by atoms with Crippen LogP contribution in [-0.4, -0.2) is 44.7 Å². The van der Waals surface area contributed by atoms with Crippen LogP contribution in [0.15, 0.2) is 58.2 Å². The number of hydrogen-bond donors (Lipinski definition) is 2. The van der Waals surface area contributed by atoms with Crippen molar-refractivity contribution in [2.24, 2.45) is 4.99 Å². The van der Waals surface area contributed by atoms with Crippen LogP contribution < -0.4 is 15.7 Å². The van der Waals surface area contributed by atoms with Crippen LogP contribution in [0.5, 0.6) is 0 Å². The third-order valence-electron chi connectivity index (χ3n) is 6.49. The number of nitrogens with one attached hydrogen (secondary N) is 2. The van der Waals surface area contributed by atoms with Crippen LogP contribution in [-0.2, 0) is 28.5 Å². The Bertz CT molecular complexity index is 1970. The van der Waals surface area contributed by atoms with E-state index < -0.39 is 27.5 Å². The number of fused-ring (bicyclic) bond motifs is 3. The van der Waals surface area contributed by atoms with Crippen LogP contribution >= 0.6 is 0 Å². The molecule has 6 rings (SSSR count). The zero-order valence-electron chi connectivity index (χ0n) is 22.1. The summed E-state index contributed by atoms with van der Waals surface area (Å²) < 4.78 is 74.8. The van der Waals surface area contributed by atoms with Gasteiger partial charge in [-0.05, 0) is 48.4 Å². The molecule has 0 unspecified atom stereocenters. The summed E-state index contributed by atoms with van der Waals surface area (Å²) in [5, 5.41) is 11.0. The summed E-state index contributed by atoms with van der Waals surface area (Å²) in [7, 11) is -4.09. The summed E-state index contributed by atoms with van der Waals surface area (Å²) in [5.41, 5.74) is 2.33.